The SMILES string of the molecule is Cc1ccccc1C(C#N)N1CCN(C(=O)Nc2ccccc2)CC1. The second-order valence-electron chi connectivity index (χ2n) is 6.21. The molecule has 0 saturated carbocycles. The van der Waals surface area contributed by atoms with Gasteiger partial charge in [0.25, 0.3) is 0 Å². The minimum absolute atomic E-state index is 0.0877. The molecule has 1 aliphatic rings. The number of nitriles is 1. The summed E-state index contributed by atoms with van der Waals surface area (Å²) in [6, 6.07) is 19.5. The number of amides is 2. The predicted molar refractivity (Wildman–Crippen MR) is 98.1 cm³/mol. The maximum atomic E-state index is 12.4. The molecule has 2 aromatic rings. The minimum atomic E-state index is -0.263. The van der Waals surface area contributed by atoms with Crippen LogP contribution in [-0.2, 0) is 0 Å². The van der Waals surface area contributed by atoms with E-state index in [1.165, 1.54) is 0 Å². The molecule has 5 heteroatoms. The number of urea groups is 1. The number of hydrogen-bond donors (Lipinski definition) is 1. The van der Waals surface area contributed by atoms with Crippen molar-refractivity contribution in [2.24, 2.45) is 0 Å². The Kier molecular flexibility index (Phi) is 5.32. The van der Waals surface area contributed by atoms with Crippen LogP contribution in [0.4, 0.5) is 10.5 Å². The Morgan fingerprint density at radius 2 is 1.68 bits per heavy atom. The summed E-state index contributed by atoms with van der Waals surface area (Å²) >= 11 is 0. The molecule has 0 radical (unpaired) electrons. The van der Waals surface area contributed by atoms with Gasteiger partial charge in [-0.15, -0.1) is 0 Å². The van der Waals surface area contributed by atoms with E-state index in [1.54, 1.807) is 4.90 Å². The number of hydrogen-bond acceptors (Lipinski definition) is 3. The second-order valence-corrected chi connectivity index (χ2v) is 6.21. The average molecular weight is 334 g/mol. The lowest BCUT2D eigenvalue weighted by atomic mass is 10.0. The number of para-hydroxylation sites is 1. The largest absolute Gasteiger partial charge is 0.322 e. The van der Waals surface area contributed by atoms with Crippen molar-refractivity contribution in [2.75, 3.05) is 31.5 Å². The fourth-order valence-electron chi connectivity index (χ4n) is 3.15. The Bertz CT molecular complexity index is 761. The smallest absolute Gasteiger partial charge is 0.321 e. The van der Waals surface area contributed by atoms with Gasteiger partial charge in [0.2, 0.25) is 0 Å². The molecule has 2 aromatic carbocycles. The minimum Gasteiger partial charge on any atom is -0.322 e. The fraction of sp³-hybridized carbons (Fsp3) is 0.300. The van der Waals surface area contributed by atoms with Gasteiger partial charge in [0, 0.05) is 31.9 Å². The average Bonchev–Trinajstić information content (AvgIpc) is 2.65. The van der Waals surface area contributed by atoms with E-state index in [9.17, 15) is 10.1 Å². The molecule has 0 aliphatic carbocycles. The molecule has 0 aromatic heterocycles. The first-order chi connectivity index (χ1) is 12.2. The van der Waals surface area contributed by atoms with Gasteiger partial charge in [0.05, 0.1) is 6.07 Å². The van der Waals surface area contributed by atoms with Gasteiger partial charge in [-0.3, -0.25) is 4.90 Å². The van der Waals surface area contributed by atoms with Crippen molar-refractivity contribution in [2.45, 2.75) is 13.0 Å². The highest BCUT2D eigenvalue weighted by Crippen LogP contribution is 2.24. The van der Waals surface area contributed by atoms with Crippen LogP contribution in [0.2, 0.25) is 0 Å². The number of carbonyl (C=O) groups excluding carboxylic acids is 1. The third-order valence-corrected chi connectivity index (χ3v) is 4.60. The van der Waals surface area contributed by atoms with Gasteiger partial charge in [0.15, 0.2) is 0 Å². The van der Waals surface area contributed by atoms with Crippen LogP contribution in [0.5, 0.6) is 0 Å². The molecule has 0 bridgehead atoms. The number of piperazine rings is 1. The molecule has 1 N–H and O–H groups in total. The van der Waals surface area contributed by atoms with Gasteiger partial charge in [-0.05, 0) is 30.2 Å². The lowest BCUT2D eigenvalue weighted by Gasteiger charge is -2.37. The molecule has 1 heterocycles. The molecule has 2 amide bonds. The van der Waals surface area contributed by atoms with Crippen molar-refractivity contribution in [3.8, 4) is 6.07 Å². The van der Waals surface area contributed by atoms with Gasteiger partial charge >= 0.3 is 6.03 Å². The van der Waals surface area contributed by atoms with Crippen molar-refractivity contribution < 1.29 is 4.79 Å². The normalized spacial score (nSPS) is 16.1. The molecule has 1 saturated heterocycles. The zero-order valence-electron chi connectivity index (χ0n) is 14.4. The second kappa shape index (κ2) is 7.82. The Morgan fingerprint density at radius 3 is 2.32 bits per heavy atom. The molecule has 1 fully saturated rings. The predicted octanol–water partition coefficient (Wildman–Crippen LogP) is 3.41. The van der Waals surface area contributed by atoms with E-state index in [4.69, 9.17) is 0 Å². The van der Waals surface area contributed by atoms with Crippen LogP contribution in [0.25, 0.3) is 0 Å². The topological polar surface area (TPSA) is 59.4 Å². The summed E-state index contributed by atoms with van der Waals surface area (Å²) < 4.78 is 0. The first-order valence-electron chi connectivity index (χ1n) is 8.49. The highest BCUT2D eigenvalue weighted by Gasteiger charge is 2.27. The summed E-state index contributed by atoms with van der Waals surface area (Å²) in [7, 11) is 0. The van der Waals surface area contributed by atoms with Crippen LogP contribution in [0, 0.1) is 18.3 Å². The van der Waals surface area contributed by atoms with Gasteiger partial charge < -0.3 is 10.2 Å². The number of benzene rings is 2. The van der Waals surface area contributed by atoms with Crippen molar-refractivity contribution in [1.82, 2.24) is 9.80 Å². The lowest BCUT2D eigenvalue weighted by Crippen LogP contribution is -2.50. The molecular weight excluding hydrogens is 312 g/mol. The molecule has 1 atom stereocenters. The maximum absolute atomic E-state index is 12.4. The molecule has 1 aliphatic heterocycles. The Balaban J connectivity index is 1.60. The third kappa shape index (κ3) is 3.98. The monoisotopic (exact) mass is 334 g/mol. The molecule has 5 nitrogen and oxygen atoms in total. The number of anilines is 1. The highest BCUT2D eigenvalue weighted by atomic mass is 16.2. The first kappa shape index (κ1) is 17.0. The number of carbonyl (C=O) groups is 1. The van der Waals surface area contributed by atoms with E-state index < -0.39 is 0 Å². The Morgan fingerprint density at radius 1 is 1.04 bits per heavy atom. The molecular formula is C20H22N4O. The van der Waals surface area contributed by atoms with Crippen molar-refractivity contribution >= 4 is 11.7 Å². The Labute approximate surface area is 148 Å². The van der Waals surface area contributed by atoms with Crippen LogP contribution in [0.15, 0.2) is 54.6 Å². The van der Waals surface area contributed by atoms with E-state index >= 15 is 0 Å². The summed E-state index contributed by atoms with van der Waals surface area (Å²) in [5, 5.41) is 12.6. The standard InChI is InChI=1S/C20H22N4O/c1-16-7-5-6-10-18(16)19(15-21)23-11-13-24(14-12-23)20(25)22-17-8-3-2-4-9-17/h2-10,19H,11-14H2,1H3,(H,22,25). The third-order valence-electron chi connectivity index (χ3n) is 4.60. The van der Waals surface area contributed by atoms with Crippen LogP contribution >= 0.6 is 0 Å². The van der Waals surface area contributed by atoms with Crippen LogP contribution < -0.4 is 5.32 Å². The van der Waals surface area contributed by atoms with Crippen LogP contribution in [0.3, 0.4) is 0 Å². The summed E-state index contributed by atoms with van der Waals surface area (Å²) in [6.45, 7) is 4.64. The summed E-state index contributed by atoms with van der Waals surface area (Å²) in [6.07, 6.45) is 0. The molecule has 3 rings (SSSR count). The molecule has 128 valence electrons. The summed E-state index contributed by atoms with van der Waals surface area (Å²) in [5.74, 6) is 0. The molecule has 0 spiro atoms. The number of nitrogens with zero attached hydrogens (tertiary/aromatic N) is 3. The van der Waals surface area contributed by atoms with Gasteiger partial charge in [-0.25, -0.2) is 4.79 Å². The van der Waals surface area contributed by atoms with Gasteiger partial charge in [0.1, 0.15) is 6.04 Å². The quantitative estimate of drug-likeness (QED) is 0.936. The number of aryl methyl sites for hydroxylation is 1. The van der Waals surface area contributed by atoms with E-state index in [2.05, 4.69) is 16.3 Å². The zero-order valence-corrected chi connectivity index (χ0v) is 14.4. The first-order valence-corrected chi connectivity index (χ1v) is 8.49. The molecule has 25 heavy (non-hydrogen) atoms. The summed E-state index contributed by atoms with van der Waals surface area (Å²) in [5.41, 5.74) is 2.97. The van der Waals surface area contributed by atoms with Crippen LogP contribution in [-0.4, -0.2) is 42.0 Å². The fourth-order valence-corrected chi connectivity index (χ4v) is 3.15. The highest BCUT2D eigenvalue weighted by molar-refractivity contribution is 5.89. The zero-order chi connectivity index (χ0) is 17.6. The van der Waals surface area contributed by atoms with Crippen molar-refractivity contribution in [3.63, 3.8) is 0 Å². The Hall–Kier alpha value is -2.84. The van der Waals surface area contributed by atoms with E-state index in [0.717, 1.165) is 16.8 Å². The van der Waals surface area contributed by atoms with Crippen LogP contribution in [0.1, 0.15) is 17.2 Å². The summed E-state index contributed by atoms with van der Waals surface area (Å²) in [4.78, 5) is 16.3. The van der Waals surface area contributed by atoms with Gasteiger partial charge in [-0.1, -0.05) is 42.5 Å². The van der Waals surface area contributed by atoms with E-state index in [-0.39, 0.29) is 12.1 Å². The van der Waals surface area contributed by atoms with E-state index in [0.29, 0.717) is 26.2 Å². The van der Waals surface area contributed by atoms with E-state index in [1.807, 2.05) is 61.5 Å². The number of rotatable bonds is 3. The molecule has 1 unspecified atom stereocenters. The maximum Gasteiger partial charge on any atom is 0.321 e. The van der Waals surface area contributed by atoms with Gasteiger partial charge in [-0.2, -0.15) is 5.26 Å². The number of nitrogens with one attached hydrogen (secondary N) is 1. The van der Waals surface area contributed by atoms with Crippen molar-refractivity contribution in [1.29, 1.82) is 5.26 Å². The van der Waals surface area contributed by atoms with Crippen molar-refractivity contribution in [3.05, 3.63) is 65.7 Å². The lowest BCUT2D eigenvalue weighted by molar-refractivity contribution is 0.131.